The summed E-state index contributed by atoms with van der Waals surface area (Å²) in [7, 11) is 0. The molecule has 0 radical (unpaired) electrons. The van der Waals surface area contributed by atoms with Gasteiger partial charge in [-0.15, -0.1) is 0 Å². The highest BCUT2D eigenvalue weighted by atomic mass is 16.2. The fourth-order valence-electron chi connectivity index (χ4n) is 3.20. The molecule has 3 aromatic rings. The summed E-state index contributed by atoms with van der Waals surface area (Å²) in [6.45, 7) is 6.02. The van der Waals surface area contributed by atoms with Gasteiger partial charge < -0.3 is 10.3 Å². The number of nitrogens with one attached hydrogen (secondary N) is 2. The molecule has 0 fully saturated rings. The molecule has 4 rings (SSSR count). The van der Waals surface area contributed by atoms with Crippen molar-refractivity contribution < 1.29 is 4.79 Å². The van der Waals surface area contributed by atoms with Crippen molar-refractivity contribution in [2.24, 2.45) is 0 Å². The smallest absolute Gasteiger partial charge is 0.256 e. The molecule has 2 N–H and O–H groups in total. The Kier molecular flexibility index (Phi) is 3.53. The van der Waals surface area contributed by atoms with Gasteiger partial charge in [-0.25, -0.2) is 0 Å². The highest BCUT2D eigenvalue weighted by molar-refractivity contribution is 6.35. The number of aromatic amines is 1. The number of fused-ring (bicyclic) bond motifs is 1. The molecule has 1 aliphatic heterocycles. The van der Waals surface area contributed by atoms with Gasteiger partial charge >= 0.3 is 0 Å². The predicted octanol–water partition coefficient (Wildman–Crippen LogP) is 4.49. The Morgan fingerprint density at radius 1 is 1.00 bits per heavy atom. The molecule has 0 saturated carbocycles. The number of nitrogens with zero attached hydrogens (tertiary/aromatic N) is 1. The highest BCUT2D eigenvalue weighted by Gasteiger charge is 2.24. The lowest BCUT2D eigenvalue weighted by Crippen LogP contribution is -2.03. The van der Waals surface area contributed by atoms with Crippen LogP contribution >= 0.6 is 0 Å². The fourth-order valence-corrected chi connectivity index (χ4v) is 3.20. The van der Waals surface area contributed by atoms with E-state index in [9.17, 15) is 4.79 Å². The van der Waals surface area contributed by atoms with Crippen molar-refractivity contribution in [3.63, 3.8) is 0 Å². The summed E-state index contributed by atoms with van der Waals surface area (Å²) in [5, 5.41) is 2.97. The topological polar surface area (TPSA) is 57.8 Å². The molecular formula is C21H19N3O. The Bertz CT molecular complexity index is 1010. The summed E-state index contributed by atoms with van der Waals surface area (Å²) in [5.74, 6) is -0.0687. The molecule has 4 nitrogen and oxygen atoms in total. The first-order valence-corrected chi connectivity index (χ1v) is 8.28. The average molecular weight is 329 g/mol. The van der Waals surface area contributed by atoms with E-state index in [0.717, 1.165) is 45.0 Å². The van der Waals surface area contributed by atoms with Crippen molar-refractivity contribution in [1.82, 2.24) is 9.97 Å². The number of hydrogen-bond acceptors (Lipinski definition) is 2. The van der Waals surface area contributed by atoms with Crippen LogP contribution in [0.1, 0.15) is 28.2 Å². The van der Waals surface area contributed by atoms with Crippen LogP contribution in [0.25, 0.3) is 22.8 Å². The van der Waals surface area contributed by atoms with E-state index >= 15 is 0 Å². The Morgan fingerprint density at radius 2 is 1.80 bits per heavy atom. The van der Waals surface area contributed by atoms with Gasteiger partial charge in [0.2, 0.25) is 0 Å². The molecule has 0 atom stereocenters. The van der Waals surface area contributed by atoms with Crippen LogP contribution in [0.4, 0.5) is 5.69 Å². The number of aromatic nitrogens is 2. The normalized spacial score (nSPS) is 14.7. The first-order chi connectivity index (χ1) is 12.0. The third-order valence-corrected chi connectivity index (χ3v) is 4.53. The van der Waals surface area contributed by atoms with Gasteiger partial charge in [0, 0.05) is 40.1 Å². The third-order valence-electron chi connectivity index (χ3n) is 4.53. The Balaban J connectivity index is 1.75. The van der Waals surface area contributed by atoms with Crippen molar-refractivity contribution in [3.8, 4) is 11.1 Å². The number of rotatable bonds is 2. The molecule has 4 heteroatoms. The number of benzene rings is 1. The van der Waals surface area contributed by atoms with Gasteiger partial charge in [-0.05, 0) is 56.2 Å². The van der Waals surface area contributed by atoms with E-state index in [1.165, 1.54) is 0 Å². The predicted molar refractivity (Wildman–Crippen MR) is 101 cm³/mol. The molecule has 25 heavy (non-hydrogen) atoms. The standard InChI is InChI=1S/C21H19N3O/c1-12-8-14(3)23-19(12)10-18-17-7-6-15(9-20(17)24-21(18)25)16-5-4-13(2)22-11-16/h4-11,23H,1-3H3,(H,24,25)/b18-10-. The molecule has 1 amide bonds. The zero-order valence-electron chi connectivity index (χ0n) is 14.5. The van der Waals surface area contributed by atoms with Crippen LogP contribution in [0.15, 0.2) is 42.6 Å². The number of anilines is 1. The molecule has 0 unspecified atom stereocenters. The van der Waals surface area contributed by atoms with Gasteiger partial charge in [0.1, 0.15) is 0 Å². The van der Waals surface area contributed by atoms with Crippen LogP contribution < -0.4 is 5.32 Å². The van der Waals surface area contributed by atoms with Crippen LogP contribution in [0, 0.1) is 20.8 Å². The SMILES string of the molecule is Cc1ccc(-c2ccc3c(c2)NC(=O)/C3=C\c2[nH]c(C)cc2C)cn1. The summed E-state index contributed by atoms with van der Waals surface area (Å²) in [5.41, 5.74) is 8.72. The largest absolute Gasteiger partial charge is 0.359 e. The van der Waals surface area contributed by atoms with Crippen LogP contribution in [0.3, 0.4) is 0 Å². The molecule has 2 aromatic heterocycles. The molecule has 0 spiro atoms. The van der Waals surface area contributed by atoms with Crippen molar-refractivity contribution in [1.29, 1.82) is 0 Å². The van der Waals surface area contributed by atoms with Gasteiger partial charge in [0.25, 0.3) is 5.91 Å². The van der Waals surface area contributed by atoms with Gasteiger partial charge in [-0.1, -0.05) is 18.2 Å². The van der Waals surface area contributed by atoms with Gasteiger partial charge in [-0.3, -0.25) is 9.78 Å². The van der Waals surface area contributed by atoms with E-state index < -0.39 is 0 Å². The second-order valence-corrected chi connectivity index (χ2v) is 6.51. The fraction of sp³-hybridized carbons (Fsp3) is 0.143. The quantitative estimate of drug-likeness (QED) is 0.680. The van der Waals surface area contributed by atoms with E-state index in [1.807, 2.05) is 63.4 Å². The number of carbonyl (C=O) groups excluding carboxylic acids is 1. The van der Waals surface area contributed by atoms with E-state index in [2.05, 4.69) is 21.4 Å². The maximum Gasteiger partial charge on any atom is 0.256 e. The van der Waals surface area contributed by atoms with Crippen LogP contribution in [-0.4, -0.2) is 15.9 Å². The average Bonchev–Trinajstić information content (AvgIpc) is 3.07. The maximum atomic E-state index is 12.4. The lowest BCUT2D eigenvalue weighted by molar-refractivity contribution is -0.110. The first-order valence-electron chi connectivity index (χ1n) is 8.28. The van der Waals surface area contributed by atoms with Gasteiger partial charge in [0.05, 0.1) is 5.57 Å². The van der Waals surface area contributed by atoms with Crippen LogP contribution in [0.5, 0.6) is 0 Å². The zero-order valence-corrected chi connectivity index (χ0v) is 14.5. The summed E-state index contributed by atoms with van der Waals surface area (Å²) in [6, 6.07) is 12.2. The monoisotopic (exact) mass is 329 g/mol. The van der Waals surface area contributed by atoms with Crippen molar-refractivity contribution >= 4 is 23.2 Å². The molecule has 3 heterocycles. The first kappa shape index (κ1) is 15.4. The van der Waals surface area contributed by atoms with Crippen LogP contribution in [0.2, 0.25) is 0 Å². The van der Waals surface area contributed by atoms with Crippen molar-refractivity contribution in [3.05, 3.63) is 70.8 Å². The molecule has 0 bridgehead atoms. The lowest BCUT2D eigenvalue weighted by atomic mass is 10.0. The molecule has 1 aromatic carbocycles. The van der Waals surface area contributed by atoms with Crippen molar-refractivity contribution in [2.45, 2.75) is 20.8 Å². The van der Waals surface area contributed by atoms with Gasteiger partial charge in [0.15, 0.2) is 0 Å². The highest BCUT2D eigenvalue weighted by Crippen LogP contribution is 2.36. The van der Waals surface area contributed by atoms with Crippen molar-refractivity contribution in [2.75, 3.05) is 5.32 Å². The minimum absolute atomic E-state index is 0.0687. The number of carbonyl (C=O) groups is 1. The molecule has 0 aliphatic carbocycles. The Labute approximate surface area is 146 Å². The molecular weight excluding hydrogens is 310 g/mol. The molecule has 0 saturated heterocycles. The summed E-state index contributed by atoms with van der Waals surface area (Å²) in [6.07, 6.45) is 3.78. The maximum absolute atomic E-state index is 12.4. The lowest BCUT2D eigenvalue weighted by Gasteiger charge is -2.05. The van der Waals surface area contributed by atoms with E-state index in [1.54, 1.807) is 0 Å². The van der Waals surface area contributed by atoms with E-state index in [4.69, 9.17) is 0 Å². The number of amides is 1. The number of pyridine rings is 1. The minimum Gasteiger partial charge on any atom is -0.359 e. The Morgan fingerprint density at radius 3 is 2.48 bits per heavy atom. The summed E-state index contributed by atoms with van der Waals surface area (Å²) >= 11 is 0. The van der Waals surface area contributed by atoms with Crippen LogP contribution in [-0.2, 0) is 4.79 Å². The number of H-pyrrole nitrogens is 1. The number of aryl methyl sites for hydroxylation is 3. The second-order valence-electron chi connectivity index (χ2n) is 6.51. The zero-order chi connectivity index (χ0) is 17.6. The van der Waals surface area contributed by atoms with E-state index in [0.29, 0.717) is 5.57 Å². The third kappa shape index (κ3) is 2.76. The van der Waals surface area contributed by atoms with E-state index in [-0.39, 0.29) is 5.91 Å². The molecule has 1 aliphatic rings. The summed E-state index contributed by atoms with van der Waals surface area (Å²) < 4.78 is 0. The molecule has 124 valence electrons. The second kappa shape index (κ2) is 5.74. The summed E-state index contributed by atoms with van der Waals surface area (Å²) in [4.78, 5) is 20.1. The Hall–Kier alpha value is -3.14. The minimum atomic E-state index is -0.0687. The van der Waals surface area contributed by atoms with Gasteiger partial charge in [-0.2, -0.15) is 0 Å². The number of hydrogen-bond donors (Lipinski definition) is 2.